The number of nitrogens with zero attached hydrogens (tertiary/aromatic N) is 2. The predicted molar refractivity (Wildman–Crippen MR) is 143 cm³/mol. The standard InChI is InChI=1S/C28H52N2O6/c1-18(14-29(16-25(33)34)28(10,11)17-27(8,9)24(7)32)12-21(4)30(15-20(3)26(35)36)22(5)13-19(2)23(6)31/h18-22H,12-17H2,1-11H3,(H,33,34)(H,35,36). The molecule has 0 radical (unpaired) electrons. The van der Waals surface area contributed by atoms with Crippen LogP contribution in [0.5, 0.6) is 0 Å². The van der Waals surface area contributed by atoms with Crippen molar-refractivity contribution in [1.82, 2.24) is 9.80 Å². The molecular weight excluding hydrogens is 460 g/mol. The van der Waals surface area contributed by atoms with E-state index in [0.717, 1.165) is 6.42 Å². The van der Waals surface area contributed by atoms with Gasteiger partial charge < -0.3 is 10.2 Å². The summed E-state index contributed by atoms with van der Waals surface area (Å²) in [5.74, 6) is -2.10. The molecule has 0 aliphatic rings. The molecular formula is C28H52N2O6. The lowest BCUT2D eigenvalue weighted by molar-refractivity contribution is -0.142. The van der Waals surface area contributed by atoms with Gasteiger partial charge in [-0.2, -0.15) is 0 Å². The molecule has 0 saturated carbocycles. The second-order valence-electron chi connectivity index (χ2n) is 12.4. The molecule has 0 aromatic heterocycles. The van der Waals surface area contributed by atoms with E-state index in [0.29, 0.717) is 25.9 Å². The molecule has 8 heteroatoms. The van der Waals surface area contributed by atoms with Gasteiger partial charge in [-0.05, 0) is 66.7 Å². The Morgan fingerprint density at radius 2 is 1.28 bits per heavy atom. The van der Waals surface area contributed by atoms with Crippen LogP contribution in [0.1, 0.15) is 95.4 Å². The van der Waals surface area contributed by atoms with Crippen molar-refractivity contribution in [2.75, 3.05) is 19.6 Å². The van der Waals surface area contributed by atoms with Crippen LogP contribution in [0.2, 0.25) is 0 Å². The second kappa shape index (κ2) is 14.2. The molecule has 0 bridgehead atoms. The Morgan fingerprint density at radius 3 is 1.69 bits per heavy atom. The summed E-state index contributed by atoms with van der Waals surface area (Å²) in [6.45, 7) is 21.5. The number of ketones is 2. The normalized spacial score (nSPS) is 16.9. The van der Waals surface area contributed by atoms with Crippen LogP contribution >= 0.6 is 0 Å². The maximum absolute atomic E-state index is 12.1. The number of carboxylic acid groups (broad SMARTS) is 2. The third kappa shape index (κ3) is 11.5. The first-order chi connectivity index (χ1) is 16.2. The van der Waals surface area contributed by atoms with Gasteiger partial charge in [0.25, 0.3) is 0 Å². The highest BCUT2D eigenvalue weighted by molar-refractivity contribution is 5.81. The quantitative estimate of drug-likeness (QED) is 0.274. The Kier molecular flexibility index (Phi) is 13.5. The van der Waals surface area contributed by atoms with Crippen molar-refractivity contribution in [3.8, 4) is 0 Å². The molecule has 0 amide bonds. The van der Waals surface area contributed by atoms with E-state index in [4.69, 9.17) is 0 Å². The largest absolute Gasteiger partial charge is 0.481 e. The van der Waals surface area contributed by atoms with E-state index >= 15 is 0 Å². The van der Waals surface area contributed by atoms with Crippen LogP contribution in [-0.2, 0) is 19.2 Å². The number of hydrogen-bond donors (Lipinski definition) is 2. The van der Waals surface area contributed by atoms with Gasteiger partial charge in [0.05, 0.1) is 12.5 Å². The number of aliphatic carboxylic acids is 2. The molecule has 0 rings (SSSR count). The van der Waals surface area contributed by atoms with E-state index in [1.807, 2.05) is 46.4 Å². The van der Waals surface area contributed by atoms with E-state index in [2.05, 4.69) is 18.7 Å². The van der Waals surface area contributed by atoms with Crippen LogP contribution in [0.15, 0.2) is 0 Å². The van der Waals surface area contributed by atoms with Crippen molar-refractivity contribution in [1.29, 1.82) is 0 Å². The number of Topliss-reactive ketones (excluding diaryl/α,β-unsaturated/α-hetero) is 2. The molecule has 0 fully saturated rings. The third-order valence-electron chi connectivity index (χ3n) is 7.71. The molecule has 2 N–H and O–H groups in total. The number of carbonyl (C=O) groups excluding carboxylic acids is 2. The van der Waals surface area contributed by atoms with E-state index in [1.54, 1.807) is 20.8 Å². The Morgan fingerprint density at radius 1 is 0.778 bits per heavy atom. The van der Waals surface area contributed by atoms with Gasteiger partial charge in [0.15, 0.2) is 0 Å². The van der Waals surface area contributed by atoms with Gasteiger partial charge in [-0.1, -0.05) is 34.6 Å². The van der Waals surface area contributed by atoms with Gasteiger partial charge in [-0.3, -0.25) is 29.0 Å². The van der Waals surface area contributed by atoms with Gasteiger partial charge >= 0.3 is 11.9 Å². The first kappa shape index (κ1) is 34.2. The summed E-state index contributed by atoms with van der Waals surface area (Å²) in [6, 6.07) is 0.0650. The first-order valence-corrected chi connectivity index (χ1v) is 13.2. The van der Waals surface area contributed by atoms with Crippen LogP contribution < -0.4 is 0 Å². The molecule has 5 unspecified atom stereocenters. The minimum Gasteiger partial charge on any atom is -0.481 e. The Hall–Kier alpha value is -1.80. The van der Waals surface area contributed by atoms with E-state index < -0.39 is 28.8 Å². The average Bonchev–Trinajstić information content (AvgIpc) is 2.69. The molecule has 5 atom stereocenters. The summed E-state index contributed by atoms with van der Waals surface area (Å²) >= 11 is 0. The SMILES string of the molecule is CC(=O)C(C)CC(C)N(CC(C)C(=O)O)C(C)CC(C)CN(CC(=O)O)C(C)(C)CC(C)(C)C(C)=O. The van der Waals surface area contributed by atoms with E-state index in [-0.39, 0.29) is 42.0 Å². The second-order valence-corrected chi connectivity index (χ2v) is 12.4. The highest BCUT2D eigenvalue weighted by Crippen LogP contribution is 2.33. The Bertz CT molecular complexity index is 763. The summed E-state index contributed by atoms with van der Waals surface area (Å²) in [4.78, 5) is 51.4. The maximum Gasteiger partial charge on any atom is 0.317 e. The first-order valence-electron chi connectivity index (χ1n) is 13.2. The zero-order valence-electron chi connectivity index (χ0n) is 24.6. The molecule has 0 aromatic rings. The Labute approximate surface area is 218 Å². The molecule has 0 aliphatic carbocycles. The number of rotatable bonds is 18. The van der Waals surface area contributed by atoms with Crippen LogP contribution in [0.25, 0.3) is 0 Å². The van der Waals surface area contributed by atoms with Crippen LogP contribution in [0.3, 0.4) is 0 Å². The van der Waals surface area contributed by atoms with Gasteiger partial charge in [0, 0.05) is 42.0 Å². The summed E-state index contributed by atoms with van der Waals surface area (Å²) in [7, 11) is 0. The minimum atomic E-state index is -0.910. The molecule has 36 heavy (non-hydrogen) atoms. The van der Waals surface area contributed by atoms with Crippen molar-refractivity contribution in [2.24, 2.45) is 23.2 Å². The zero-order chi connectivity index (χ0) is 28.6. The third-order valence-corrected chi connectivity index (χ3v) is 7.71. The van der Waals surface area contributed by atoms with E-state index in [9.17, 15) is 29.4 Å². The van der Waals surface area contributed by atoms with Gasteiger partial charge in [-0.15, -0.1) is 0 Å². The summed E-state index contributed by atoms with van der Waals surface area (Å²) in [5, 5.41) is 19.1. The number of carbonyl (C=O) groups is 4. The summed E-state index contributed by atoms with van der Waals surface area (Å²) < 4.78 is 0. The molecule has 0 heterocycles. The van der Waals surface area contributed by atoms with E-state index in [1.165, 1.54) is 0 Å². The van der Waals surface area contributed by atoms with Crippen molar-refractivity contribution in [3.63, 3.8) is 0 Å². The van der Waals surface area contributed by atoms with Crippen molar-refractivity contribution in [2.45, 2.75) is 113 Å². The molecule has 0 aromatic carbocycles. The van der Waals surface area contributed by atoms with Gasteiger partial charge in [-0.25, -0.2) is 0 Å². The fourth-order valence-corrected chi connectivity index (χ4v) is 5.18. The van der Waals surface area contributed by atoms with Crippen molar-refractivity contribution < 1.29 is 29.4 Å². The smallest absolute Gasteiger partial charge is 0.317 e. The summed E-state index contributed by atoms with van der Waals surface area (Å²) in [5.41, 5.74) is -1.07. The summed E-state index contributed by atoms with van der Waals surface area (Å²) in [6.07, 6.45) is 1.93. The van der Waals surface area contributed by atoms with Crippen molar-refractivity contribution in [3.05, 3.63) is 0 Å². The van der Waals surface area contributed by atoms with Crippen LogP contribution in [0.4, 0.5) is 0 Å². The predicted octanol–water partition coefficient (Wildman–Crippen LogP) is 4.60. The van der Waals surface area contributed by atoms with Gasteiger partial charge in [0.2, 0.25) is 0 Å². The Balaban J connectivity index is 5.69. The molecule has 0 aliphatic heterocycles. The van der Waals surface area contributed by atoms with Crippen LogP contribution in [0, 0.1) is 23.2 Å². The average molecular weight is 513 g/mol. The van der Waals surface area contributed by atoms with Crippen molar-refractivity contribution >= 4 is 23.5 Å². The van der Waals surface area contributed by atoms with Gasteiger partial charge in [0.1, 0.15) is 11.6 Å². The number of carboxylic acids is 2. The lowest BCUT2D eigenvalue weighted by Gasteiger charge is -2.44. The topological polar surface area (TPSA) is 115 Å². The fraction of sp³-hybridized carbons (Fsp3) is 0.857. The molecule has 210 valence electrons. The molecule has 0 saturated heterocycles. The zero-order valence-corrected chi connectivity index (χ0v) is 24.6. The minimum absolute atomic E-state index is 0.0239. The van der Waals surface area contributed by atoms with Crippen LogP contribution in [-0.4, -0.2) is 80.8 Å². The monoisotopic (exact) mass is 512 g/mol. The highest BCUT2D eigenvalue weighted by atomic mass is 16.4. The lowest BCUT2D eigenvalue weighted by atomic mass is 9.76. The molecule has 8 nitrogen and oxygen atoms in total. The highest BCUT2D eigenvalue weighted by Gasteiger charge is 2.38. The fourth-order valence-electron chi connectivity index (χ4n) is 5.18. The number of hydrogen-bond acceptors (Lipinski definition) is 6. The lowest BCUT2D eigenvalue weighted by Crippen LogP contribution is -2.52. The maximum atomic E-state index is 12.1. The molecule has 0 spiro atoms.